The van der Waals surface area contributed by atoms with E-state index in [1.54, 1.807) is 14.1 Å². The number of aromatic hydroxyl groups is 1. The lowest BCUT2D eigenvalue weighted by Crippen LogP contribution is -2.66. The monoisotopic (exact) mass is 585 g/mol. The number of likely N-dealkylation sites (N-methyl/N-ethyl adjacent to an activating group) is 1. The molecule has 12 heteroatoms. The summed E-state index contributed by atoms with van der Waals surface area (Å²) in [5, 5.41) is 51.8. The molecule has 1 saturated carbocycles. The van der Waals surface area contributed by atoms with Gasteiger partial charge in [-0.2, -0.15) is 0 Å². The molecule has 42 heavy (non-hydrogen) atoms. The van der Waals surface area contributed by atoms with Gasteiger partial charge in [0.05, 0.1) is 18.3 Å². The maximum absolute atomic E-state index is 14.2. The molecular weight excluding hydrogens is 542 g/mol. The van der Waals surface area contributed by atoms with Crippen molar-refractivity contribution in [1.82, 2.24) is 15.5 Å². The Morgan fingerprint density at radius 3 is 2.33 bits per heavy atom. The molecule has 1 fully saturated rings. The molecule has 0 spiro atoms. The molecule has 0 aliphatic heterocycles. The van der Waals surface area contributed by atoms with Crippen LogP contribution in [0.15, 0.2) is 23.0 Å². The number of fused-ring (bicyclic) bond motifs is 3. The van der Waals surface area contributed by atoms with Crippen LogP contribution in [-0.4, -0.2) is 95.8 Å². The number of anilines is 1. The number of hydrogen-bond acceptors (Lipinski definition) is 11. The number of aliphatic hydroxyl groups excluding tert-OH is 2. The Balaban J connectivity index is 1.91. The Kier molecular flexibility index (Phi) is 8.24. The molecule has 0 unspecified atom stereocenters. The number of benzene rings is 1. The van der Waals surface area contributed by atoms with E-state index in [1.807, 2.05) is 25.1 Å². The Morgan fingerprint density at radius 2 is 1.79 bits per heavy atom. The second-order valence-electron chi connectivity index (χ2n) is 13.1. The van der Waals surface area contributed by atoms with Gasteiger partial charge < -0.3 is 41.7 Å². The number of nitrogens with zero attached hydrogens (tertiary/aromatic N) is 2. The van der Waals surface area contributed by atoms with Crippen LogP contribution in [0.4, 0.5) is 5.69 Å². The van der Waals surface area contributed by atoms with Crippen LogP contribution in [0.1, 0.15) is 43.9 Å². The molecule has 4 atom stereocenters. The lowest BCUT2D eigenvalue weighted by Gasteiger charge is -2.50. The zero-order chi connectivity index (χ0) is 31.5. The third-order valence-electron chi connectivity index (χ3n) is 8.47. The van der Waals surface area contributed by atoms with Crippen LogP contribution < -0.4 is 21.3 Å². The van der Waals surface area contributed by atoms with Crippen molar-refractivity contribution in [1.29, 1.82) is 0 Å². The lowest BCUT2D eigenvalue weighted by molar-refractivity contribution is -0.153. The summed E-state index contributed by atoms with van der Waals surface area (Å²) in [6.45, 7) is 6.87. The first-order valence-electron chi connectivity index (χ1n) is 14.1. The predicted molar refractivity (Wildman–Crippen MR) is 158 cm³/mol. The minimum atomic E-state index is -2.66. The summed E-state index contributed by atoms with van der Waals surface area (Å²) in [7, 11) is 6.87. The van der Waals surface area contributed by atoms with E-state index >= 15 is 0 Å². The Hall–Kier alpha value is -3.45. The van der Waals surface area contributed by atoms with Crippen molar-refractivity contribution in [3.05, 3.63) is 39.7 Å². The zero-order valence-electron chi connectivity index (χ0n) is 25.3. The van der Waals surface area contributed by atoms with E-state index in [4.69, 9.17) is 5.73 Å². The highest BCUT2D eigenvalue weighted by Gasteiger charge is 2.64. The molecule has 1 aromatic carbocycles. The number of hydrogen-bond donors (Lipinski definition) is 7. The Morgan fingerprint density at radius 1 is 1.14 bits per heavy atom. The molecular formula is C30H43N5O7. The zero-order valence-corrected chi connectivity index (χ0v) is 25.3. The molecule has 8 N–H and O–H groups in total. The normalized spacial score (nSPS) is 25.8. The van der Waals surface area contributed by atoms with Crippen molar-refractivity contribution in [2.24, 2.45) is 23.0 Å². The van der Waals surface area contributed by atoms with Crippen LogP contribution in [0.25, 0.3) is 5.76 Å². The van der Waals surface area contributed by atoms with Crippen LogP contribution >= 0.6 is 0 Å². The maximum Gasteiger partial charge on any atom is 0.259 e. The highest BCUT2D eigenvalue weighted by molar-refractivity contribution is 6.25. The number of amides is 1. The Labute approximate surface area is 245 Å². The fraction of sp³-hybridized carbons (Fsp3) is 0.567. The van der Waals surface area contributed by atoms with Crippen molar-refractivity contribution < 1.29 is 34.8 Å². The van der Waals surface area contributed by atoms with Gasteiger partial charge in [-0.05, 0) is 49.9 Å². The van der Waals surface area contributed by atoms with E-state index in [-0.39, 0.29) is 41.8 Å². The molecule has 230 valence electrons. The largest absolute Gasteiger partial charge is 0.508 e. The summed E-state index contributed by atoms with van der Waals surface area (Å²) in [6, 6.07) is 0.740. The Bertz CT molecular complexity index is 1390. The van der Waals surface area contributed by atoms with Gasteiger partial charge in [-0.3, -0.25) is 19.3 Å². The van der Waals surface area contributed by atoms with Gasteiger partial charge in [-0.1, -0.05) is 20.8 Å². The number of carbonyl (C=O) groups is 3. The smallest absolute Gasteiger partial charge is 0.259 e. The first-order chi connectivity index (χ1) is 19.5. The van der Waals surface area contributed by atoms with E-state index in [2.05, 4.69) is 31.4 Å². The highest BCUT2D eigenvalue weighted by Crippen LogP contribution is 2.54. The average Bonchev–Trinajstić information content (AvgIpc) is 2.86. The number of aliphatic hydroxyl groups is 3. The molecule has 3 aliphatic carbocycles. The quantitative estimate of drug-likeness (QED) is 0.176. The first kappa shape index (κ1) is 31.5. The molecule has 0 saturated heterocycles. The summed E-state index contributed by atoms with van der Waals surface area (Å²) >= 11 is 0. The van der Waals surface area contributed by atoms with Crippen LogP contribution in [0.5, 0.6) is 5.75 Å². The summed E-state index contributed by atoms with van der Waals surface area (Å²) in [5.74, 6) is -6.23. The van der Waals surface area contributed by atoms with Crippen molar-refractivity contribution in [2.45, 2.75) is 51.8 Å². The second kappa shape index (κ2) is 11.0. The van der Waals surface area contributed by atoms with Crippen molar-refractivity contribution in [2.75, 3.05) is 46.3 Å². The number of nitrogens with two attached hydrogens (primary N) is 1. The van der Waals surface area contributed by atoms with E-state index in [0.29, 0.717) is 24.2 Å². The van der Waals surface area contributed by atoms with Crippen molar-refractivity contribution in [3.8, 4) is 5.75 Å². The summed E-state index contributed by atoms with van der Waals surface area (Å²) in [5.41, 5.74) is 3.85. The van der Waals surface area contributed by atoms with Crippen LogP contribution in [-0.2, 0) is 27.3 Å². The molecule has 1 aromatic rings. The summed E-state index contributed by atoms with van der Waals surface area (Å²) in [4.78, 5) is 43.8. The second-order valence-corrected chi connectivity index (χ2v) is 13.1. The minimum Gasteiger partial charge on any atom is -0.508 e. The van der Waals surface area contributed by atoms with E-state index < -0.39 is 58.0 Å². The molecule has 3 aliphatic rings. The molecule has 0 radical (unpaired) electrons. The average molecular weight is 586 g/mol. The third-order valence-corrected chi connectivity index (χ3v) is 8.47. The number of ketones is 2. The molecule has 12 nitrogen and oxygen atoms in total. The maximum atomic E-state index is 14.2. The number of carbonyl (C=O) groups excluding carboxylic acids is 3. The van der Waals surface area contributed by atoms with Crippen LogP contribution in [0.2, 0.25) is 0 Å². The lowest BCUT2D eigenvalue weighted by atomic mass is 9.57. The molecule has 0 heterocycles. The number of rotatable bonds is 7. The number of phenols is 1. The molecule has 0 bridgehead atoms. The summed E-state index contributed by atoms with van der Waals surface area (Å²) < 4.78 is 0. The molecule has 0 aromatic heterocycles. The third kappa shape index (κ3) is 4.96. The first-order valence-corrected chi connectivity index (χ1v) is 14.1. The van der Waals surface area contributed by atoms with Crippen LogP contribution in [0, 0.1) is 17.3 Å². The van der Waals surface area contributed by atoms with Crippen molar-refractivity contribution >= 4 is 28.9 Å². The van der Waals surface area contributed by atoms with Crippen molar-refractivity contribution in [3.63, 3.8) is 0 Å². The van der Waals surface area contributed by atoms with Gasteiger partial charge in [0.2, 0.25) is 5.78 Å². The number of nitrogens with one attached hydrogen (secondary N) is 2. The van der Waals surface area contributed by atoms with Crippen LogP contribution in [0.3, 0.4) is 0 Å². The molecule has 1 amide bonds. The number of phenolic OH excluding ortho intramolecular Hbond substituents is 1. The highest BCUT2D eigenvalue weighted by atomic mass is 16.3. The fourth-order valence-corrected chi connectivity index (χ4v) is 6.61. The van der Waals surface area contributed by atoms with Gasteiger partial charge in [0.1, 0.15) is 22.8 Å². The standard InChI is InChI=1S/C30H43N5O7/c1-29(2,3)12-32-11-15-10-18(34(4)5)16-8-14-9-17-22(35(6)7)25(38)21(28(41)33-13-31)27(40)30(17,42)26(39)19(14)24(37)20(16)23(15)36/h10,14,17,22,32,36-37,40,42H,8-9,11-13,31H2,1-7H3,(H,33,41)/t14-,17-,22-,30-/m0/s1. The van der Waals surface area contributed by atoms with Gasteiger partial charge in [0, 0.05) is 49.9 Å². The van der Waals surface area contributed by atoms with E-state index in [9.17, 15) is 34.8 Å². The topological polar surface area (TPSA) is 189 Å². The predicted octanol–water partition coefficient (Wildman–Crippen LogP) is 0.713. The summed E-state index contributed by atoms with van der Waals surface area (Å²) in [6.07, 6.45) is 0.289. The SMILES string of the molecule is CN(C)c1cc(CNCC(C)(C)C)c(O)c2c1C[C@H]1C[C@H]3[C@H](N(C)C)C(=O)C(C(=O)NCN)=C(O)[C@@]3(O)C(=O)C1=C2O. The fourth-order valence-electron chi connectivity index (χ4n) is 6.61. The minimum absolute atomic E-state index is 0.00668. The number of Topliss-reactive ketones (excluding diaryl/α,β-unsaturated/α-hetero) is 2. The van der Waals surface area contributed by atoms with E-state index in [1.165, 1.54) is 4.90 Å². The van der Waals surface area contributed by atoms with Gasteiger partial charge in [-0.15, -0.1) is 0 Å². The van der Waals surface area contributed by atoms with Gasteiger partial charge in [0.15, 0.2) is 11.4 Å². The van der Waals surface area contributed by atoms with Gasteiger partial charge in [-0.25, -0.2) is 0 Å². The molecule has 4 rings (SSSR count). The van der Waals surface area contributed by atoms with Gasteiger partial charge >= 0.3 is 0 Å². The van der Waals surface area contributed by atoms with Gasteiger partial charge in [0.25, 0.3) is 5.91 Å². The van der Waals surface area contributed by atoms with E-state index in [0.717, 1.165) is 5.69 Å².